The van der Waals surface area contributed by atoms with Gasteiger partial charge in [-0.1, -0.05) is 115 Å². The lowest BCUT2D eigenvalue weighted by molar-refractivity contribution is -0.293. The van der Waals surface area contributed by atoms with Gasteiger partial charge in [-0.2, -0.15) is 13.2 Å². The largest absolute Gasteiger partial charge is 0.468 e. The van der Waals surface area contributed by atoms with Gasteiger partial charge in [0.05, 0.1) is 38.2 Å². The highest BCUT2D eigenvalue weighted by Crippen LogP contribution is 2.35. The molecule has 51 heavy (non-hydrogen) atoms. The van der Waals surface area contributed by atoms with E-state index in [9.17, 15) is 13.2 Å². The van der Waals surface area contributed by atoms with E-state index in [-0.39, 0.29) is 25.5 Å². The number of ether oxygens (including phenoxy) is 5. The van der Waals surface area contributed by atoms with E-state index in [0.717, 1.165) is 22.3 Å². The summed E-state index contributed by atoms with van der Waals surface area (Å²) in [6.07, 6.45) is -7.50. The summed E-state index contributed by atoms with van der Waals surface area (Å²) in [5.41, 5.74) is 12.5. The standard InChI is InChI=1S/C39H41F3N4O5/c1-28-35(48-25-31-11-5-2-6-12-31)34(27-47-24-22-30-19-17-29(18-20-30)21-23-44-46-43)50-37(36(28)49-26-32-13-7-3-8-14-32)51-38(39(40,41)42)45-33-15-9-4-10-16-33/h2-20,28,34-37H,21-27H2,1H3/t28-,34?,35+,36?,37-/m0/s1. The molecule has 12 heteroatoms. The number of hydrogen-bond donors (Lipinski definition) is 0. The van der Waals surface area contributed by atoms with Crippen LogP contribution in [0.5, 0.6) is 0 Å². The fraction of sp³-hybridized carbons (Fsp3) is 0.359. The molecule has 1 aliphatic rings. The number of halogens is 3. The van der Waals surface area contributed by atoms with E-state index in [1.807, 2.05) is 91.9 Å². The molecule has 2 unspecified atom stereocenters. The number of para-hydroxylation sites is 1. The molecule has 0 aliphatic carbocycles. The molecule has 0 spiro atoms. The Labute approximate surface area is 295 Å². The topological polar surface area (TPSA) is 107 Å². The van der Waals surface area contributed by atoms with Crippen molar-refractivity contribution >= 4 is 11.6 Å². The van der Waals surface area contributed by atoms with E-state index in [1.54, 1.807) is 18.2 Å². The summed E-state index contributed by atoms with van der Waals surface area (Å²) in [4.78, 5) is 6.59. The molecule has 0 radical (unpaired) electrons. The van der Waals surface area contributed by atoms with Gasteiger partial charge in [-0.25, -0.2) is 4.99 Å². The van der Waals surface area contributed by atoms with Crippen LogP contribution in [0.3, 0.4) is 0 Å². The molecule has 5 rings (SSSR count). The molecule has 1 saturated heterocycles. The molecule has 0 saturated carbocycles. The van der Waals surface area contributed by atoms with Crippen molar-refractivity contribution in [3.8, 4) is 0 Å². The lowest BCUT2D eigenvalue weighted by atomic mass is 9.90. The maximum atomic E-state index is 14.4. The Kier molecular flexibility index (Phi) is 14.0. The zero-order valence-corrected chi connectivity index (χ0v) is 28.3. The zero-order chi connectivity index (χ0) is 35.9. The number of alkyl halides is 3. The number of aliphatic imine (C=N–C) groups is 1. The summed E-state index contributed by atoms with van der Waals surface area (Å²) in [6.45, 7) is 2.99. The predicted octanol–water partition coefficient (Wildman–Crippen LogP) is 8.94. The van der Waals surface area contributed by atoms with Crippen LogP contribution in [0.2, 0.25) is 0 Å². The molecule has 1 heterocycles. The highest BCUT2D eigenvalue weighted by atomic mass is 19.4. The third-order valence-electron chi connectivity index (χ3n) is 8.41. The van der Waals surface area contributed by atoms with Crippen LogP contribution in [0.4, 0.5) is 18.9 Å². The number of azide groups is 1. The summed E-state index contributed by atoms with van der Waals surface area (Å²) >= 11 is 0. The van der Waals surface area contributed by atoms with Gasteiger partial charge in [-0.3, -0.25) is 0 Å². The van der Waals surface area contributed by atoms with E-state index in [0.29, 0.717) is 26.0 Å². The Morgan fingerprint density at radius 3 is 1.86 bits per heavy atom. The molecule has 0 bridgehead atoms. The van der Waals surface area contributed by atoms with Crippen molar-refractivity contribution in [2.24, 2.45) is 16.0 Å². The van der Waals surface area contributed by atoms with E-state index in [1.165, 1.54) is 12.1 Å². The van der Waals surface area contributed by atoms with Crippen molar-refractivity contribution in [1.82, 2.24) is 0 Å². The van der Waals surface area contributed by atoms with Gasteiger partial charge in [0.15, 0.2) is 0 Å². The smallest absolute Gasteiger partial charge is 0.441 e. The number of benzene rings is 4. The van der Waals surface area contributed by atoms with E-state index in [4.69, 9.17) is 29.2 Å². The fourth-order valence-corrected chi connectivity index (χ4v) is 5.72. The number of nitrogens with zero attached hydrogens (tertiary/aromatic N) is 4. The highest BCUT2D eigenvalue weighted by molar-refractivity contribution is 5.84. The molecule has 4 aromatic rings. The monoisotopic (exact) mass is 702 g/mol. The lowest BCUT2D eigenvalue weighted by Crippen LogP contribution is -2.58. The minimum absolute atomic E-state index is 0.0382. The number of hydrogen-bond acceptors (Lipinski definition) is 7. The summed E-state index contributed by atoms with van der Waals surface area (Å²) in [6, 6.07) is 34.7. The Bertz CT molecular complexity index is 1690. The molecular formula is C39H41F3N4O5. The SMILES string of the molecule is C[C@@H]1C(OCc2ccccc2)[C@H](OC(=Nc2ccccc2)C(F)(F)F)OC(COCCc2ccc(CCN=[N+]=[N-])cc2)[C@@H]1OCc1ccccc1. The number of rotatable bonds is 16. The first-order valence-corrected chi connectivity index (χ1v) is 16.8. The summed E-state index contributed by atoms with van der Waals surface area (Å²) < 4.78 is 74.0. The average Bonchev–Trinajstić information content (AvgIpc) is 3.14. The summed E-state index contributed by atoms with van der Waals surface area (Å²) in [5, 5.41) is 3.58. The summed E-state index contributed by atoms with van der Waals surface area (Å²) in [7, 11) is 0. The molecule has 0 N–H and O–H groups in total. The van der Waals surface area contributed by atoms with Crippen molar-refractivity contribution in [3.63, 3.8) is 0 Å². The lowest BCUT2D eigenvalue weighted by Gasteiger charge is -2.45. The molecule has 4 aromatic carbocycles. The third-order valence-corrected chi connectivity index (χ3v) is 8.41. The van der Waals surface area contributed by atoms with Gasteiger partial charge in [0, 0.05) is 17.4 Å². The van der Waals surface area contributed by atoms with Crippen molar-refractivity contribution in [3.05, 3.63) is 148 Å². The van der Waals surface area contributed by atoms with Crippen molar-refractivity contribution in [2.75, 3.05) is 19.8 Å². The summed E-state index contributed by atoms with van der Waals surface area (Å²) in [5.74, 6) is -1.92. The first-order chi connectivity index (χ1) is 24.8. The minimum atomic E-state index is -4.91. The Morgan fingerprint density at radius 1 is 0.745 bits per heavy atom. The first kappa shape index (κ1) is 37.5. The van der Waals surface area contributed by atoms with Crippen molar-refractivity contribution < 1.29 is 36.9 Å². The predicted molar refractivity (Wildman–Crippen MR) is 187 cm³/mol. The van der Waals surface area contributed by atoms with Gasteiger partial charge >= 0.3 is 6.18 Å². The normalized spacial score (nSPS) is 20.8. The van der Waals surface area contributed by atoms with Crippen LogP contribution in [0.25, 0.3) is 10.4 Å². The Hall–Kier alpha value is -4.71. The van der Waals surface area contributed by atoms with Crippen LogP contribution in [0, 0.1) is 5.92 Å². The van der Waals surface area contributed by atoms with Crippen LogP contribution in [0.1, 0.15) is 29.2 Å². The quantitative estimate of drug-likeness (QED) is 0.0289. The second kappa shape index (κ2) is 19.1. The van der Waals surface area contributed by atoms with Crippen LogP contribution in [0.15, 0.2) is 125 Å². The van der Waals surface area contributed by atoms with Gasteiger partial charge in [-0.15, -0.1) is 0 Å². The van der Waals surface area contributed by atoms with Gasteiger partial charge in [0.1, 0.15) is 12.2 Å². The third kappa shape index (κ3) is 11.7. The van der Waals surface area contributed by atoms with Gasteiger partial charge in [-0.05, 0) is 52.8 Å². The molecule has 1 aliphatic heterocycles. The molecule has 9 nitrogen and oxygen atoms in total. The van der Waals surface area contributed by atoms with E-state index < -0.39 is 42.6 Å². The van der Waals surface area contributed by atoms with Crippen LogP contribution < -0.4 is 0 Å². The Balaban J connectivity index is 1.35. The molecule has 268 valence electrons. The van der Waals surface area contributed by atoms with Gasteiger partial charge in [0.2, 0.25) is 6.29 Å². The van der Waals surface area contributed by atoms with Crippen LogP contribution >= 0.6 is 0 Å². The zero-order valence-electron chi connectivity index (χ0n) is 28.3. The molecular weight excluding hydrogens is 661 g/mol. The molecule has 1 fully saturated rings. The first-order valence-electron chi connectivity index (χ1n) is 16.8. The van der Waals surface area contributed by atoms with Crippen LogP contribution in [-0.4, -0.2) is 56.4 Å². The molecule has 0 aromatic heterocycles. The van der Waals surface area contributed by atoms with Gasteiger partial charge in [0.25, 0.3) is 5.90 Å². The van der Waals surface area contributed by atoms with Gasteiger partial charge < -0.3 is 23.7 Å². The Morgan fingerprint density at radius 2 is 1.29 bits per heavy atom. The van der Waals surface area contributed by atoms with E-state index in [2.05, 4.69) is 15.0 Å². The minimum Gasteiger partial charge on any atom is -0.441 e. The second-order valence-corrected chi connectivity index (χ2v) is 12.1. The average molecular weight is 703 g/mol. The van der Waals surface area contributed by atoms with Crippen molar-refractivity contribution in [2.45, 2.75) is 63.8 Å². The molecule has 5 atom stereocenters. The molecule has 0 amide bonds. The second-order valence-electron chi connectivity index (χ2n) is 12.1. The fourth-order valence-electron chi connectivity index (χ4n) is 5.72. The maximum Gasteiger partial charge on any atom is 0.468 e. The van der Waals surface area contributed by atoms with Crippen molar-refractivity contribution in [1.29, 1.82) is 0 Å². The van der Waals surface area contributed by atoms with E-state index >= 15 is 0 Å². The maximum absolute atomic E-state index is 14.4. The van der Waals surface area contributed by atoms with Crippen LogP contribution in [-0.2, 0) is 49.7 Å². The highest BCUT2D eigenvalue weighted by Gasteiger charge is 2.49.